The van der Waals surface area contributed by atoms with E-state index in [4.69, 9.17) is 0 Å². The Balaban J connectivity index is 2.28. The van der Waals surface area contributed by atoms with E-state index in [1.54, 1.807) is 17.5 Å². The molecule has 2 N–H and O–H groups in total. The first-order chi connectivity index (χ1) is 10.9. The van der Waals surface area contributed by atoms with Gasteiger partial charge in [-0.25, -0.2) is 5.43 Å². The Morgan fingerprint density at radius 1 is 1.30 bits per heavy atom. The molecule has 0 saturated heterocycles. The van der Waals surface area contributed by atoms with Crippen LogP contribution in [0.1, 0.15) is 15.2 Å². The molecule has 0 aliphatic carbocycles. The first kappa shape index (κ1) is 16.0. The average molecular weight is 336 g/mol. The van der Waals surface area contributed by atoms with E-state index < -0.39 is 32.9 Å². The molecule has 0 atom stereocenters. The van der Waals surface area contributed by atoms with E-state index in [9.17, 15) is 30.1 Å². The molecule has 0 spiro atoms. The summed E-state index contributed by atoms with van der Waals surface area (Å²) in [5.41, 5.74) is 0.471. The van der Waals surface area contributed by atoms with Gasteiger partial charge in [0.05, 0.1) is 32.6 Å². The molecule has 10 nitrogen and oxygen atoms in total. The number of nitrogens with zero attached hydrogens (tertiary/aromatic N) is 3. The maximum atomic E-state index is 11.6. The molecular weight excluding hydrogens is 328 g/mol. The number of amides is 1. The first-order valence-electron chi connectivity index (χ1n) is 5.93. The Labute approximate surface area is 132 Å². The van der Waals surface area contributed by atoms with Crippen molar-refractivity contribution in [2.24, 2.45) is 5.10 Å². The maximum absolute atomic E-state index is 11.6. The van der Waals surface area contributed by atoms with Gasteiger partial charge in [0.25, 0.3) is 11.6 Å². The van der Waals surface area contributed by atoms with E-state index in [-0.39, 0.29) is 5.56 Å². The number of nitrogens with one attached hydrogen (secondary N) is 1. The number of carbonyl (C=O) groups is 1. The van der Waals surface area contributed by atoms with Crippen LogP contribution in [-0.4, -0.2) is 27.1 Å². The zero-order valence-electron chi connectivity index (χ0n) is 11.2. The van der Waals surface area contributed by atoms with Gasteiger partial charge >= 0.3 is 5.69 Å². The fourth-order valence-electron chi connectivity index (χ4n) is 1.59. The van der Waals surface area contributed by atoms with Gasteiger partial charge in [-0.3, -0.25) is 25.0 Å². The topological polar surface area (TPSA) is 148 Å². The molecule has 0 aliphatic heterocycles. The quantitative estimate of drug-likeness (QED) is 0.485. The highest BCUT2D eigenvalue weighted by Gasteiger charge is 2.23. The minimum atomic E-state index is -0.954. The number of phenols is 1. The van der Waals surface area contributed by atoms with Crippen LogP contribution in [0.4, 0.5) is 11.4 Å². The van der Waals surface area contributed by atoms with E-state index in [2.05, 4.69) is 10.5 Å². The first-order valence-corrected chi connectivity index (χ1v) is 6.81. The highest BCUT2D eigenvalue weighted by Crippen LogP contribution is 2.33. The SMILES string of the molecule is O=C(NN=Cc1cc([N+](=O)[O-])cc([N+](=O)[O-])c1O)c1cccs1. The van der Waals surface area contributed by atoms with Crippen molar-refractivity contribution in [3.8, 4) is 5.75 Å². The highest BCUT2D eigenvalue weighted by atomic mass is 32.1. The Hall–Kier alpha value is -3.34. The van der Waals surface area contributed by atoms with Crippen molar-refractivity contribution in [3.05, 3.63) is 60.3 Å². The number of nitro benzene ring substituents is 2. The molecule has 1 heterocycles. The van der Waals surface area contributed by atoms with Crippen LogP contribution in [0.25, 0.3) is 0 Å². The normalized spacial score (nSPS) is 10.6. The largest absolute Gasteiger partial charge is 0.502 e. The Morgan fingerprint density at radius 3 is 2.61 bits per heavy atom. The number of phenolic OH excluding ortho intramolecular Hbond substituents is 1. The molecule has 0 radical (unpaired) electrons. The zero-order chi connectivity index (χ0) is 17.0. The van der Waals surface area contributed by atoms with Crippen LogP contribution >= 0.6 is 11.3 Å². The summed E-state index contributed by atoms with van der Waals surface area (Å²) in [4.78, 5) is 31.8. The van der Waals surface area contributed by atoms with Crippen molar-refractivity contribution >= 4 is 34.8 Å². The second kappa shape index (κ2) is 6.62. The van der Waals surface area contributed by atoms with Crippen LogP contribution in [-0.2, 0) is 0 Å². The van der Waals surface area contributed by atoms with Gasteiger partial charge in [0.1, 0.15) is 0 Å². The number of hydrogen-bond acceptors (Lipinski definition) is 8. The maximum Gasteiger partial charge on any atom is 0.318 e. The Bertz CT molecular complexity index is 802. The molecule has 11 heteroatoms. The lowest BCUT2D eigenvalue weighted by Gasteiger charge is -2.01. The number of non-ortho nitro benzene ring substituents is 1. The van der Waals surface area contributed by atoms with E-state index in [0.717, 1.165) is 12.3 Å². The van der Waals surface area contributed by atoms with E-state index in [1.807, 2.05) is 0 Å². The summed E-state index contributed by atoms with van der Waals surface area (Å²) in [5, 5.41) is 36.5. The smallest absolute Gasteiger partial charge is 0.318 e. The minimum Gasteiger partial charge on any atom is -0.502 e. The molecule has 0 aliphatic rings. The number of benzene rings is 1. The van der Waals surface area contributed by atoms with Gasteiger partial charge in [-0.2, -0.15) is 5.10 Å². The fourth-order valence-corrected chi connectivity index (χ4v) is 2.21. The van der Waals surface area contributed by atoms with E-state index in [1.165, 1.54) is 11.3 Å². The number of thiophene rings is 1. The standard InChI is InChI=1S/C12H8N4O6S/c17-11-7(4-8(15(19)20)5-9(11)16(21)22)6-13-14-12(18)10-2-1-3-23-10/h1-6,17H,(H,14,18). The zero-order valence-corrected chi connectivity index (χ0v) is 12.0. The van der Waals surface area contributed by atoms with Crippen molar-refractivity contribution in [2.45, 2.75) is 0 Å². The molecule has 0 bridgehead atoms. The van der Waals surface area contributed by atoms with Gasteiger partial charge in [0, 0.05) is 6.07 Å². The van der Waals surface area contributed by atoms with Gasteiger partial charge in [-0.1, -0.05) is 6.07 Å². The van der Waals surface area contributed by atoms with Crippen molar-refractivity contribution in [1.29, 1.82) is 0 Å². The van der Waals surface area contributed by atoms with Crippen LogP contribution in [0, 0.1) is 20.2 Å². The second-order valence-electron chi connectivity index (χ2n) is 4.09. The molecule has 118 valence electrons. The lowest BCUT2D eigenvalue weighted by Crippen LogP contribution is -2.16. The number of nitro groups is 2. The van der Waals surface area contributed by atoms with Crippen molar-refractivity contribution in [1.82, 2.24) is 5.43 Å². The summed E-state index contributed by atoms with van der Waals surface area (Å²) < 4.78 is 0. The summed E-state index contributed by atoms with van der Waals surface area (Å²) >= 11 is 1.18. The molecule has 2 aromatic rings. The van der Waals surface area contributed by atoms with Gasteiger partial charge in [-0.05, 0) is 11.4 Å². The number of hydrogen-bond donors (Lipinski definition) is 2. The molecule has 0 saturated carbocycles. The lowest BCUT2D eigenvalue weighted by atomic mass is 10.1. The third-order valence-corrected chi connectivity index (χ3v) is 3.49. The molecule has 0 unspecified atom stereocenters. The molecular formula is C12H8N4O6S. The molecule has 0 fully saturated rings. The monoisotopic (exact) mass is 336 g/mol. The lowest BCUT2D eigenvalue weighted by molar-refractivity contribution is -0.394. The van der Waals surface area contributed by atoms with Gasteiger partial charge in [0.15, 0.2) is 0 Å². The second-order valence-corrected chi connectivity index (χ2v) is 5.04. The van der Waals surface area contributed by atoms with Gasteiger partial charge in [0.2, 0.25) is 5.75 Å². The number of carbonyl (C=O) groups excluding carboxylic acids is 1. The summed E-state index contributed by atoms with van der Waals surface area (Å²) in [6.45, 7) is 0. The number of hydrazone groups is 1. The van der Waals surface area contributed by atoms with Crippen molar-refractivity contribution < 1.29 is 19.7 Å². The number of aromatic hydroxyl groups is 1. The minimum absolute atomic E-state index is 0.266. The molecule has 1 amide bonds. The predicted octanol–water partition coefficient (Wildman–Crippen LogP) is 2.03. The van der Waals surface area contributed by atoms with Gasteiger partial charge in [-0.15, -0.1) is 11.3 Å². The third kappa shape index (κ3) is 3.65. The predicted molar refractivity (Wildman–Crippen MR) is 80.8 cm³/mol. The highest BCUT2D eigenvalue weighted by molar-refractivity contribution is 7.12. The summed E-state index contributed by atoms with van der Waals surface area (Å²) in [5.74, 6) is -1.30. The summed E-state index contributed by atoms with van der Waals surface area (Å²) in [7, 11) is 0. The molecule has 1 aromatic heterocycles. The van der Waals surface area contributed by atoms with Gasteiger partial charge < -0.3 is 5.11 Å². The average Bonchev–Trinajstić information content (AvgIpc) is 3.02. The van der Waals surface area contributed by atoms with Crippen molar-refractivity contribution in [3.63, 3.8) is 0 Å². The Morgan fingerprint density at radius 2 is 2.04 bits per heavy atom. The van der Waals surface area contributed by atoms with Crippen LogP contribution in [0.3, 0.4) is 0 Å². The third-order valence-electron chi connectivity index (χ3n) is 2.63. The Kier molecular flexibility index (Phi) is 4.61. The van der Waals surface area contributed by atoms with Crippen molar-refractivity contribution in [2.75, 3.05) is 0 Å². The van der Waals surface area contributed by atoms with Crippen LogP contribution < -0.4 is 5.43 Å². The van der Waals surface area contributed by atoms with Crippen LogP contribution in [0.15, 0.2) is 34.7 Å². The van der Waals surface area contributed by atoms with Crippen LogP contribution in [0.2, 0.25) is 0 Å². The van der Waals surface area contributed by atoms with E-state index >= 15 is 0 Å². The molecule has 2 rings (SSSR count). The molecule has 1 aromatic carbocycles. The summed E-state index contributed by atoms with van der Waals surface area (Å²) in [6, 6.07) is 4.77. The summed E-state index contributed by atoms with van der Waals surface area (Å²) in [6.07, 6.45) is 0.890. The molecule has 23 heavy (non-hydrogen) atoms. The van der Waals surface area contributed by atoms with E-state index in [0.29, 0.717) is 10.9 Å². The fraction of sp³-hybridized carbons (Fsp3) is 0. The van der Waals surface area contributed by atoms with Crippen LogP contribution in [0.5, 0.6) is 5.75 Å². The number of rotatable bonds is 5.